The molecule has 1 aromatic heterocycles. The Morgan fingerprint density at radius 3 is 2.27 bits per heavy atom. The first-order valence-corrected chi connectivity index (χ1v) is 18.6. The molecule has 11 heteroatoms. The third kappa shape index (κ3) is 5.69. The van der Waals surface area contributed by atoms with Crippen LogP contribution in [0.4, 0.5) is 10.1 Å². The van der Waals surface area contributed by atoms with Crippen molar-refractivity contribution in [1.29, 1.82) is 0 Å². The lowest BCUT2D eigenvalue weighted by Crippen LogP contribution is -2.49. The first-order valence-electron chi connectivity index (χ1n) is 17.1. The maximum absolute atomic E-state index is 15.2. The number of rotatable bonds is 9. The smallest absolute Gasteiger partial charge is 0.258 e. The van der Waals surface area contributed by atoms with Gasteiger partial charge in [0.25, 0.3) is 5.91 Å². The molecule has 254 valence electrons. The molecule has 2 bridgehead atoms. The van der Waals surface area contributed by atoms with Gasteiger partial charge in [0.05, 0.1) is 22.3 Å². The van der Waals surface area contributed by atoms with Crippen molar-refractivity contribution in [3.05, 3.63) is 89.5 Å². The number of imidazole rings is 1. The number of para-hydroxylation sites is 2. The van der Waals surface area contributed by atoms with E-state index in [2.05, 4.69) is 75.0 Å². The van der Waals surface area contributed by atoms with E-state index in [9.17, 15) is 13.2 Å². The molecule has 0 aliphatic carbocycles. The molecule has 3 saturated heterocycles. The summed E-state index contributed by atoms with van der Waals surface area (Å²) >= 11 is 0. The molecule has 3 atom stereocenters. The maximum Gasteiger partial charge on any atom is 0.258 e. The number of carbonyl (C=O) groups excluding carboxylic acids is 1. The van der Waals surface area contributed by atoms with E-state index in [1.165, 1.54) is 44.1 Å². The SMILES string of the molecule is CNc1c(S(=O)(=O)NC)ccc(F)c1C(=O)N1CCC(CCN2[C@@H]3CC[C@H]2C[C@@H](n2c(C)nc4ccccc42)C3)(c2ccccc2)CC1. The summed E-state index contributed by atoms with van der Waals surface area (Å²) in [6.45, 7) is 4.05. The lowest BCUT2D eigenvalue weighted by atomic mass is 9.70. The second kappa shape index (κ2) is 12.9. The number of benzene rings is 3. The number of halogens is 1. The standard InChI is InChI=1S/C37H45FN6O3S/c1-25-41-31-11-7-8-12-32(31)44(25)29-23-27-13-14-28(24-29)43(27)22-19-37(26-9-5-4-6-10-26)17-20-42(21-18-37)36(45)34-30(38)15-16-33(35(34)39-2)48(46,47)40-3/h4-12,15-16,27-29,39-40H,13-14,17-24H2,1-3H3/t27-,28+,29+. The monoisotopic (exact) mass is 672 g/mol. The van der Waals surface area contributed by atoms with E-state index in [4.69, 9.17) is 4.98 Å². The Morgan fingerprint density at radius 2 is 1.60 bits per heavy atom. The van der Waals surface area contributed by atoms with Crippen LogP contribution in [0, 0.1) is 12.7 Å². The van der Waals surface area contributed by atoms with E-state index in [1.54, 1.807) is 4.90 Å². The van der Waals surface area contributed by atoms with Gasteiger partial charge in [0, 0.05) is 38.3 Å². The summed E-state index contributed by atoms with van der Waals surface area (Å²) in [5.74, 6) is -0.137. The van der Waals surface area contributed by atoms with E-state index < -0.39 is 21.7 Å². The van der Waals surface area contributed by atoms with Gasteiger partial charge in [-0.2, -0.15) is 0 Å². The van der Waals surface area contributed by atoms with E-state index in [1.807, 2.05) is 6.07 Å². The summed E-state index contributed by atoms with van der Waals surface area (Å²) in [4.78, 5) is 23.0. The molecule has 0 radical (unpaired) electrons. The second-order valence-corrected chi connectivity index (χ2v) is 15.6. The Labute approximate surface area is 282 Å². The minimum absolute atomic E-state index is 0.0213. The fourth-order valence-corrected chi connectivity index (χ4v) is 9.85. The molecule has 3 aromatic carbocycles. The molecule has 9 nitrogen and oxygen atoms in total. The van der Waals surface area contributed by atoms with Gasteiger partial charge >= 0.3 is 0 Å². The number of amides is 1. The van der Waals surface area contributed by atoms with Crippen molar-refractivity contribution >= 4 is 32.7 Å². The Balaban J connectivity index is 1.09. The fourth-order valence-electron chi connectivity index (χ4n) is 8.91. The number of nitrogens with zero attached hydrogens (tertiary/aromatic N) is 4. The van der Waals surface area contributed by atoms with E-state index >= 15 is 4.39 Å². The first-order chi connectivity index (χ1) is 23.2. The van der Waals surface area contributed by atoms with Gasteiger partial charge in [-0.25, -0.2) is 22.5 Å². The largest absolute Gasteiger partial charge is 0.386 e. The minimum atomic E-state index is -3.91. The molecule has 1 amide bonds. The van der Waals surface area contributed by atoms with Crippen LogP contribution < -0.4 is 10.0 Å². The summed E-state index contributed by atoms with van der Waals surface area (Å²) in [6, 6.07) is 22.9. The summed E-state index contributed by atoms with van der Waals surface area (Å²) in [7, 11) is -1.11. The number of carbonyl (C=O) groups is 1. The van der Waals surface area contributed by atoms with Gasteiger partial charge in [-0.1, -0.05) is 42.5 Å². The lowest BCUT2D eigenvalue weighted by Gasteiger charge is -2.45. The molecular formula is C37H45FN6O3S. The van der Waals surface area contributed by atoms with Crippen LogP contribution in [-0.2, 0) is 15.4 Å². The van der Waals surface area contributed by atoms with Crippen LogP contribution >= 0.6 is 0 Å². The van der Waals surface area contributed by atoms with Crippen LogP contribution in [0.15, 0.2) is 71.6 Å². The van der Waals surface area contributed by atoms with Gasteiger partial charge in [-0.15, -0.1) is 0 Å². The van der Waals surface area contributed by atoms with Crippen LogP contribution in [-0.4, -0.2) is 79.5 Å². The van der Waals surface area contributed by atoms with Crippen LogP contribution in [0.1, 0.15) is 72.7 Å². The third-order valence-corrected chi connectivity index (χ3v) is 12.8. The number of anilines is 1. The number of nitrogens with one attached hydrogen (secondary N) is 2. The second-order valence-electron chi connectivity index (χ2n) is 13.7. The summed E-state index contributed by atoms with van der Waals surface area (Å²) in [6.07, 6.45) is 7.17. The highest BCUT2D eigenvalue weighted by Gasteiger charge is 2.44. The number of aromatic nitrogens is 2. The molecule has 3 fully saturated rings. The Kier molecular flexibility index (Phi) is 8.80. The number of aryl methyl sites for hydroxylation is 1. The van der Waals surface area contributed by atoms with Crippen molar-refractivity contribution in [3.8, 4) is 0 Å². The molecule has 0 saturated carbocycles. The van der Waals surface area contributed by atoms with Crippen LogP contribution in [0.25, 0.3) is 11.0 Å². The highest BCUT2D eigenvalue weighted by atomic mass is 32.2. The Hall–Kier alpha value is -3.80. The zero-order valence-corrected chi connectivity index (χ0v) is 28.8. The van der Waals surface area contributed by atoms with Gasteiger partial charge < -0.3 is 14.8 Å². The van der Waals surface area contributed by atoms with Crippen molar-refractivity contribution < 1.29 is 17.6 Å². The zero-order valence-electron chi connectivity index (χ0n) is 28.0. The summed E-state index contributed by atoms with van der Waals surface area (Å²) < 4.78 is 45.3. The Morgan fingerprint density at radius 1 is 0.938 bits per heavy atom. The number of piperidine rings is 2. The van der Waals surface area contributed by atoms with Crippen molar-refractivity contribution in [2.45, 2.75) is 80.3 Å². The summed E-state index contributed by atoms with van der Waals surface area (Å²) in [5, 5.41) is 2.78. The van der Waals surface area contributed by atoms with Crippen molar-refractivity contribution in [2.24, 2.45) is 0 Å². The minimum Gasteiger partial charge on any atom is -0.386 e. The molecule has 0 spiro atoms. The molecule has 7 rings (SSSR count). The highest BCUT2D eigenvalue weighted by Crippen LogP contribution is 2.45. The van der Waals surface area contributed by atoms with Crippen LogP contribution in [0.5, 0.6) is 0 Å². The fraction of sp³-hybridized carbons (Fsp3) is 0.459. The van der Waals surface area contributed by atoms with Gasteiger partial charge in [0.2, 0.25) is 10.0 Å². The molecular weight excluding hydrogens is 628 g/mol. The maximum atomic E-state index is 15.2. The van der Waals surface area contributed by atoms with Crippen LogP contribution in [0.2, 0.25) is 0 Å². The number of hydrogen-bond donors (Lipinski definition) is 2. The lowest BCUT2D eigenvalue weighted by molar-refractivity contribution is 0.0604. The van der Waals surface area contributed by atoms with E-state index in [-0.39, 0.29) is 21.6 Å². The molecule has 0 unspecified atom stereocenters. The number of sulfonamides is 1. The van der Waals surface area contributed by atoms with Crippen molar-refractivity contribution in [2.75, 3.05) is 39.0 Å². The van der Waals surface area contributed by atoms with Crippen molar-refractivity contribution in [1.82, 2.24) is 24.1 Å². The molecule has 4 heterocycles. The topological polar surface area (TPSA) is 99.6 Å². The predicted molar refractivity (Wildman–Crippen MR) is 186 cm³/mol. The molecule has 2 N–H and O–H groups in total. The predicted octanol–water partition coefficient (Wildman–Crippen LogP) is 5.87. The van der Waals surface area contributed by atoms with Gasteiger partial charge in [0.15, 0.2) is 0 Å². The molecule has 3 aliphatic heterocycles. The van der Waals surface area contributed by atoms with Gasteiger partial charge in [-0.3, -0.25) is 9.69 Å². The number of hydrogen-bond acceptors (Lipinski definition) is 6. The highest BCUT2D eigenvalue weighted by molar-refractivity contribution is 7.89. The van der Waals surface area contributed by atoms with E-state index in [0.29, 0.717) is 31.2 Å². The quantitative estimate of drug-likeness (QED) is 0.231. The number of likely N-dealkylation sites (tertiary alicyclic amines) is 1. The van der Waals surface area contributed by atoms with E-state index in [0.717, 1.165) is 56.1 Å². The normalized spacial score (nSPS) is 22.7. The molecule has 48 heavy (non-hydrogen) atoms. The summed E-state index contributed by atoms with van der Waals surface area (Å²) in [5.41, 5.74) is 3.21. The molecule has 4 aromatic rings. The van der Waals surface area contributed by atoms with Gasteiger partial charge in [0.1, 0.15) is 16.5 Å². The number of fused-ring (bicyclic) bond motifs is 3. The van der Waals surface area contributed by atoms with Crippen LogP contribution in [0.3, 0.4) is 0 Å². The average molecular weight is 673 g/mol. The van der Waals surface area contributed by atoms with Crippen molar-refractivity contribution in [3.63, 3.8) is 0 Å². The first kappa shape index (κ1) is 32.7. The average Bonchev–Trinajstić information content (AvgIpc) is 3.57. The third-order valence-electron chi connectivity index (χ3n) is 11.4. The van der Waals surface area contributed by atoms with Gasteiger partial charge in [-0.05, 0) is 101 Å². The zero-order chi connectivity index (χ0) is 33.6. The Bertz CT molecular complexity index is 1910. The molecule has 3 aliphatic rings.